The van der Waals surface area contributed by atoms with Crippen LogP contribution in [0, 0.1) is 0 Å². The summed E-state index contributed by atoms with van der Waals surface area (Å²) >= 11 is 0. The number of hydrogen-bond acceptors (Lipinski definition) is 18. The minimum atomic E-state index is -4.94. The fourth-order valence-electron chi connectivity index (χ4n) is 12.2. The van der Waals surface area contributed by atoms with Crippen LogP contribution < -0.4 is 46.7 Å². The van der Waals surface area contributed by atoms with Gasteiger partial charge in [0.05, 0.1) is 23.8 Å². The molecule has 5 aromatic rings. The van der Waals surface area contributed by atoms with Gasteiger partial charge in [0.1, 0.15) is 47.9 Å². The number of nitrogens with one attached hydrogen (secondary N) is 3. The van der Waals surface area contributed by atoms with Crippen LogP contribution in [0.2, 0.25) is 0 Å². The Morgan fingerprint density at radius 1 is 0.874 bits per heavy atom. The maximum absolute atomic E-state index is 14.8. The van der Waals surface area contributed by atoms with Crippen LogP contribution in [-0.2, 0) is 38.9 Å². The molecule has 0 saturated carbocycles. The first-order valence-electron chi connectivity index (χ1n) is 28.5. The summed E-state index contributed by atoms with van der Waals surface area (Å²) in [6.07, 6.45) is 0.628. The second-order valence-corrected chi connectivity index (χ2v) is 27.3. The molecule has 6 heterocycles. The molecule has 1 fully saturated rings. The Bertz CT molecular complexity index is 4100. The van der Waals surface area contributed by atoms with Crippen molar-refractivity contribution in [3.05, 3.63) is 109 Å². The highest BCUT2D eigenvalue weighted by Gasteiger charge is 2.47. The zero-order chi connectivity index (χ0) is 63.3. The number of phosphoric acid groups is 1. The van der Waals surface area contributed by atoms with Crippen molar-refractivity contribution in [1.82, 2.24) is 34.3 Å². The molecule has 0 unspecified atom stereocenters. The second kappa shape index (κ2) is 24.9. The van der Waals surface area contributed by atoms with Crippen molar-refractivity contribution in [2.45, 2.75) is 116 Å². The van der Waals surface area contributed by atoms with Crippen molar-refractivity contribution >= 4 is 85.3 Å². The molecule has 2 aromatic heterocycles. The van der Waals surface area contributed by atoms with Gasteiger partial charge in [-0.1, -0.05) is 37.1 Å². The summed E-state index contributed by atoms with van der Waals surface area (Å²) in [7, 11) is -12.3. The molecule has 0 radical (unpaired) electrons. The highest BCUT2D eigenvalue weighted by molar-refractivity contribution is 7.86. The number of carbonyl (C=O) groups is 2. The number of carbonyl (C=O) groups excluding carboxylic acids is 2. The lowest BCUT2D eigenvalue weighted by molar-refractivity contribution is -0.121. The van der Waals surface area contributed by atoms with Crippen LogP contribution >= 0.6 is 7.82 Å². The zero-order valence-corrected chi connectivity index (χ0v) is 51.7. The lowest BCUT2D eigenvalue weighted by Gasteiger charge is -2.43. The molecular weight excluding hydrogens is 1190 g/mol. The molecule has 0 aliphatic carbocycles. The van der Waals surface area contributed by atoms with E-state index in [1.807, 2.05) is 65.8 Å². The summed E-state index contributed by atoms with van der Waals surface area (Å²) < 4.78 is 103. The van der Waals surface area contributed by atoms with Gasteiger partial charge < -0.3 is 55.6 Å². The number of fused-ring (bicyclic) bond motifs is 5. The Morgan fingerprint density at radius 2 is 1.55 bits per heavy atom. The summed E-state index contributed by atoms with van der Waals surface area (Å²) in [6.45, 7) is 12.9. The van der Waals surface area contributed by atoms with Crippen molar-refractivity contribution in [2.24, 2.45) is 0 Å². The van der Waals surface area contributed by atoms with Crippen LogP contribution in [0.4, 0.5) is 17.6 Å². The van der Waals surface area contributed by atoms with Gasteiger partial charge in [-0.2, -0.15) is 21.8 Å². The quantitative estimate of drug-likeness (QED) is 0.0180. The van der Waals surface area contributed by atoms with E-state index in [0.29, 0.717) is 131 Å². The maximum atomic E-state index is 14.8. The van der Waals surface area contributed by atoms with Crippen LogP contribution in [0.25, 0.3) is 27.9 Å². The standard InChI is InChI=1S/C57H73N10O17PS2/c1-8-65-40-25-42-38(23-36(40)32(27-56(65,3)4)30-86(76,77)78)46(39-24-37-33(31-87(79,80)81)28-57(5,6)66(9-2)41(37)26-43(39)83-42)34-17-12-13-18-35(34)52(72)64(7)22-16-19-45(68)59-20-14-10-11-15-21-60-55-61-47-50(62-54(58)63-51(47)71)67(55)53-49(70)48(69)44(84-53)29-82-85(73,74)75/h12-13,17-18,23-28,44,48-49,53,69-70H,8-11,14-16,19-22,29-31H2,1-7H3,(H8,58,59,63,68,71,72,73,74,75,76,77,78,79,80,81)/p+1/t44-,48-,49-,53-/m1/s1. The van der Waals surface area contributed by atoms with Crippen molar-refractivity contribution in [3.63, 3.8) is 0 Å². The number of rotatable bonds is 24. The number of unbranched alkanes of at least 4 members (excludes halogenated alkanes) is 3. The Balaban J connectivity index is 0.890. The Kier molecular flexibility index (Phi) is 18.5. The first-order chi connectivity index (χ1) is 40.8. The largest absolute Gasteiger partial charge is 0.469 e. The number of amides is 2. The van der Waals surface area contributed by atoms with Crippen molar-refractivity contribution < 1.29 is 74.1 Å². The predicted molar refractivity (Wildman–Crippen MR) is 325 cm³/mol. The van der Waals surface area contributed by atoms with E-state index in [1.165, 1.54) is 9.47 Å². The molecule has 0 bridgehead atoms. The van der Waals surface area contributed by atoms with Crippen LogP contribution in [0.1, 0.15) is 119 Å². The molecule has 1 saturated heterocycles. The molecule has 0 spiro atoms. The van der Waals surface area contributed by atoms with E-state index in [-0.39, 0.29) is 47.8 Å². The number of aliphatic hydroxyl groups excluding tert-OH is 2. The summed E-state index contributed by atoms with van der Waals surface area (Å²) in [6, 6.07) is 14.3. The van der Waals surface area contributed by atoms with Gasteiger partial charge in [-0.15, -0.1) is 0 Å². The molecule has 87 heavy (non-hydrogen) atoms. The van der Waals surface area contributed by atoms with Gasteiger partial charge in [0.25, 0.3) is 31.7 Å². The second-order valence-electron chi connectivity index (χ2n) is 23.1. The van der Waals surface area contributed by atoms with Crippen LogP contribution in [0.15, 0.2) is 65.5 Å². The van der Waals surface area contributed by atoms with Crippen molar-refractivity contribution in [3.8, 4) is 11.5 Å². The minimum absolute atomic E-state index is 0.0424. The van der Waals surface area contributed by atoms with Crippen molar-refractivity contribution in [1.29, 1.82) is 0 Å². The summed E-state index contributed by atoms with van der Waals surface area (Å²) in [4.78, 5) is 73.5. The highest BCUT2D eigenvalue weighted by Crippen LogP contribution is 2.48. The molecule has 4 aliphatic rings. The molecule has 2 amide bonds. The molecular formula is C57H74N10O17PS2+. The van der Waals surface area contributed by atoms with Gasteiger partial charge in [0, 0.05) is 92.7 Å². The Labute approximate surface area is 502 Å². The van der Waals surface area contributed by atoms with Gasteiger partial charge in [0.2, 0.25) is 23.2 Å². The van der Waals surface area contributed by atoms with Gasteiger partial charge in [-0.3, -0.25) is 37.6 Å². The number of H-pyrrole nitrogens is 1. The number of nitrogens with two attached hydrogens (primary N) is 1. The first kappa shape index (κ1) is 64.6. The van der Waals surface area contributed by atoms with Crippen LogP contribution in [0.5, 0.6) is 11.5 Å². The molecule has 30 heteroatoms. The van der Waals surface area contributed by atoms with E-state index < -0.39 is 87.3 Å². The van der Waals surface area contributed by atoms with Gasteiger partial charge >= 0.3 is 7.82 Å². The first-order valence-corrected chi connectivity index (χ1v) is 33.2. The fraction of sp³-hybridized carbons (Fsp3) is 0.474. The number of aliphatic hydroxyl groups is 2. The number of nitrogens with zero attached hydrogens (tertiary/aromatic N) is 6. The third kappa shape index (κ3) is 14.0. The summed E-state index contributed by atoms with van der Waals surface area (Å²) in [5.74, 6) is -1.35. The predicted octanol–water partition coefficient (Wildman–Crippen LogP) is 2.89. The van der Waals surface area contributed by atoms with Crippen LogP contribution in [0.3, 0.4) is 0 Å². The number of hydrogen-bond donors (Lipinski definition) is 10. The van der Waals surface area contributed by atoms with E-state index in [2.05, 4.69) is 39.6 Å². The van der Waals surface area contributed by atoms with Crippen LogP contribution in [-0.4, -0.2) is 169 Å². The van der Waals surface area contributed by atoms with Crippen molar-refractivity contribution in [2.75, 3.05) is 73.8 Å². The minimum Gasteiger partial charge on any atom is -0.456 e. The monoisotopic (exact) mass is 1270 g/mol. The Morgan fingerprint density at radius 3 is 2.22 bits per heavy atom. The third-order valence-electron chi connectivity index (χ3n) is 15.9. The van der Waals surface area contributed by atoms with Gasteiger partial charge in [-0.05, 0) is 87.9 Å². The SMILES string of the molecule is CCN1c2cc3c(cc2C(CS(=O)(=O)O)=CC1(C)C)C(c1ccccc1C(=O)N(C)CCCC(=O)NCCCCCCNc1nc2c(=O)[nH]c(N)nc2n1[C@@H]1O[C@H](COP(=O)(O)O)[C@@H](O)[C@H]1O)=c1cc2c(cc1O3)=[N+](CC)C(C)(C)C=C2CS(=O)(=O)O. The smallest absolute Gasteiger partial charge is 0.456 e. The molecule has 11 N–H and O–H groups in total. The number of benzene rings is 3. The van der Waals surface area contributed by atoms with E-state index in [0.717, 1.165) is 0 Å². The average molecular weight is 1270 g/mol. The normalized spacial score (nSPS) is 19.6. The number of phosphoric ester groups is 1. The topological polar surface area (TPSA) is 392 Å². The molecule has 4 aliphatic heterocycles. The van der Waals surface area contributed by atoms with E-state index in [1.54, 1.807) is 43.4 Å². The molecule has 3 aromatic carbocycles. The number of ether oxygens (including phenoxy) is 2. The summed E-state index contributed by atoms with van der Waals surface area (Å²) in [5, 5.41) is 28.8. The lowest BCUT2D eigenvalue weighted by atomic mass is 9.83. The fourth-order valence-corrected chi connectivity index (χ4v) is 13.8. The highest BCUT2D eigenvalue weighted by atomic mass is 32.2. The number of aromatic nitrogens is 4. The van der Waals surface area contributed by atoms with Gasteiger partial charge in [0.15, 0.2) is 22.9 Å². The summed E-state index contributed by atoms with van der Waals surface area (Å²) in [5.41, 5.74) is 7.72. The average Bonchev–Trinajstić information content (AvgIpc) is 1.34. The van der Waals surface area contributed by atoms with E-state index in [4.69, 9.17) is 25.0 Å². The molecule has 27 nitrogen and oxygen atoms in total. The van der Waals surface area contributed by atoms with E-state index in [9.17, 15) is 55.1 Å². The Hall–Kier alpha value is -6.89. The number of aromatic amines is 1. The van der Waals surface area contributed by atoms with E-state index >= 15 is 0 Å². The molecule has 9 rings (SSSR count). The number of anilines is 3. The number of nitrogen functional groups attached to an aromatic ring is 1. The third-order valence-corrected chi connectivity index (χ3v) is 17.8. The number of likely N-dealkylation sites (N-methyl/N-ethyl adjacent to an activating group) is 2. The zero-order valence-electron chi connectivity index (χ0n) is 49.2. The number of imidazole rings is 1. The maximum Gasteiger partial charge on any atom is 0.469 e. The lowest BCUT2D eigenvalue weighted by Crippen LogP contribution is -2.50. The molecule has 470 valence electrons. The molecule has 4 atom stereocenters. The van der Waals surface area contributed by atoms with Gasteiger partial charge in [-0.25, -0.2) is 14.1 Å².